The van der Waals surface area contributed by atoms with E-state index in [4.69, 9.17) is 17.2 Å². The van der Waals surface area contributed by atoms with Crippen LogP contribution in [-0.2, 0) is 0 Å². The van der Waals surface area contributed by atoms with Crippen LogP contribution >= 0.6 is 0 Å². The summed E-state index contributed by atoms with van der Waals surface area (Å²) in [6.45, 7) is 3.21. The van der Waals surface area contributed by atoms with Crippen LogP contribution in [0.3, 0.4) is 0 Å². The Morgan fingerprint density at radius 1 is 1.03 bits per heavy atom. The first kappa shape index (κ1) is 26.3. The minimum absolute atomic E-state index is 0.0101. The molecule has 0 radical (unpaired) electrons. The van der Waals surface area contributed by atoms with Crippen LogP contribution in [0.25, 0.3) is 5.70 Å². The number of aromatic hydroxyl groups is 1. The molecule has 2 fully saturated rings. The topological polar surface area (TPSA) is 122 Å². The molecule has 0 bridgehead atoms. The summed E-state index contributed by atoms with van der Waals surface area (Å²) < 4.78 is 30.5. The number of para-hydroxylation sites is 1. The number of hydrogen-bond acceptors (Lipinski definition) is 6. The first-order chi connectivity index (χ1) is 17.6. The van der Waals surface area contributed by atoms with Crippen molar-refractivity contribution in [1.82, 2.24) is 9.80 Å². The van der Waals surface area contributed by atoms with Crippen LogP contribution in [0.1, 0.15) is 58.6 Å². The maximum atomic E-state index is 15.2. The number of halogens is 2. The average Bonchev–Trinajstić information content (AvgIpc) is 2.87. The quantitative estimate of drug-likeness (QED) is 0.453. The normalized spacial score (nSPS) is 20.0. The van der Waals surface area contributed by atoms with Gasteiger partial charge in [0.25, 0.3) is 11.8 Å². The fourth-order valence-electron chi connectivity index (χ4n) is 5.23. The van der Waals surface area contributed by atoms with E-state index in [1.165, 1.54) is 12.1 Å². The van der Waals surface area contributed by atoms with E-state index in [1.54, 1.807) is 48.2 Å². The molecule has 1 amide bonds. The van der Waals surface area contributed by atoms with E-state index in [1.807, 2.05) is 4.90 Å². The molecular formula is C28H35F2N5O2. The summed E-state index contributed by atoms with van der Waals surface area (Å²) >= 11 is 0. The fourth-order valence-corrected chi connectivity index (χ4v) is 5.23. The van der Waals surface area contributed by atoms with Crippen LogP contribution < -0.4 is 17.2 Å². The Morgan fingerprint density at radius 3 is 2.38 bits per heavy atom. The van der Waals surface area contributed by atoms with Crippen LogP contribution in [0.4, 0.5) is 8.78 Å². The number of amides is 1. The lowest BCUT2D eigenvalue weighted by Gasteiger charge is -2.41. The van der Waals surface area contributed by atoms with Gasteiger partial charge in [0.1, 0.15) is 11.6 Å². The SMILES string of the molecule is Cc1cc(C(=O)N2CCCCC2)ccc1C1CN(C(/C=C(\N)c2ccccc2O)=C(N)N)CCC1(F)F. The number of aryl methyl sites for hydroxylation is 1. The van der Waals surface area contributed by atoms with Crippen molar-refractivity contribution in [3.63, 3.8) is 0 Å². The predicted molar refractivity (Wildman–Crippen MR) is 140 cm³/mol. The Labute approximate surface area is 216 Å². The summed E-state index contributed by atoms with van der Waals surface area (Å²) in [6.07, 6.45) is 4.20. The van der Waals surface area contributed by atoms with E-state index < -0.39 is 18.3 Å². The highest BCUT2D eigenvalue weighted by Crippen LogP contribution is 2.43. The van der Waals surface area contributed by atoms with Crippen LogP contribution in [0, 0.1) is 6.92 Å². The molecule has 9 heteroatoms. The van der Waals surface area contributed by atoms with Crippen molar-refractivity contribution in [2.24, 2.45) is 17.2 Å². The molecule has 0 aliphatic carbocycles. The van der Waals surface area contributed by atoms with E-state index in [-0.39, 0.29) is 36.3 Å². The van der Waals surface area contributed by atoms with Gasteiger partial charge in [-0.3, -0.25) is 4.79 Å². The summed E-state index contributed by atoms with van der Waals surface area (Å²) in [4.78, 5) is 16.5. The highest BCUT2D eigenvalue weighted by molar-refractivity contribution is 5.94. The first-order valence-electron chi connectivity index (χ1n) is 12.6. The number of carbonyl (C=O) groups is 1. The zero-order valence-electron chi connectivity index (χ0n) is 21.1. The van der Waals surface area contributed by atoms with Crippen molar-refractivity contribution in [1.29, 1.82) is 0 Å². The minimum Gasteiger partial charge on any atom is -0.507 e. The third kappa shape index (κ3) is 5.65. The third-order valence-electron chi connectivity index (χ3n) is 7.31. The number of phenols is 1. The third-order valence-corrected chi connectivity index (χ3v) is 7.31. The Morgan fingerprint density at radius 2 is 1.73 bits per heavy atom. The van der Waals surface area contributed by atoms with E-state index in [0.29, 0.717) is 28.0 Å². The maximum absolute atomic E-state index is 15.2. The van der Waals surface area contributed by atoms with Crippen LogP contribution in [0.5, 0.6) is 5.75 Å². The lowest BCUT2D eigenvalue weighted by molar-refractivity contribution is -0.0694. The Bertz CT molecular complexity index is 1220. The Balaban J connectivity index is 1.60. The number of nitrogens with zero attached hydrogens (tertiary/aromatic N) is 2. The van der Waals surface area contributed by atoms with Crippen molar-refractivity contribution >= 4 is 11.6 Å². The second-order valence-electron chi connectivity index (χ2n) is 9.89. The number of alkyl halides is 2. The van der Waals surface area contributed by atoms with E-state index in [2.05, 4.69) is 0 Å². The lowest BCUT2D eigenvalue weighted by Crippen LogP contribution is -2.46. The van der Waals surface area contributed by atoms with Gasteiger partial charge in [0.15, 0.2) is 0 Å². The van der Waals surface area contributed by atoms with Crippen molar-refractivity contribution in [3.8, 4) is 5.75 Å². The number of carbonyl (C=O) groups excluding carboxylic acids is 1. The highest BCUT2D eigenvalue weighted by Gasteiger charge is 2.46. The fraction of sp³-hybridized carbons (Fsp3) is 0.393. The van der Waals surface area contributed by atoms with Gasteiger partial charge in [-0.05, 0) is 67.7 Å². The molecule has 1 unspecified atom stereocenters. The molecule has 2 aliphatic heterocycles. The molecule has 1 atom stereocenters. The van der Waals surface area contributed by atoms with Crippen LogP contribution in [0.15, 0.2) is 60.1 Å². The number of likely N-dealkylation sites (tertiary alicyclic amines) is 2. The van der Waals surface area contributed by atoms with Crippen LogP contribution in [-0.4, -0.2) is 52.9 Å². The number of rotatable bonds is 5. The highest BCUT2D eigenvalue weighted by atomic mass is 19.3. The van der Waals surface area contributed by atoms with Crippen molar-refractivity contribution in [2.45, 2.75) is 44.4 Å². The second kappa shape index (κ2) is 10.7. The van der Waals surface area contributed by atoms with Crippen LogP contribution in [0.2, 0.25) is 0 Å². The number of piperidine rings is 2. The average molecular weight is 512 g/mol. The number of hydrogen-bond donors (Lipinski definition) is 4. The van der Waals surface area contributed by atoms with E-state index in [0.717, 1.165) is 32.4 Å². The number of benzene rings is 2. The zero-order chi connectivity index (χ0) is 26.7. The van der Waals surface area contributed by atoms with Gasteiger partial charge < -0.3 is 32.1 Å². The second-order valence-corrected chi connectivity index (χ2v) is 9.89. The van der Waals surface area contributed by atoms with Crippen molar-refractivity contribution in [2.75, 3.05) is 26.2 Å². The molecule has 2 aliphatic rings. The van der Waals surface area contributed by atoms with E-state index >= 15 is 8.78 Å². The smallest absolute Gasteiger partial charge is 0.258 e. The van der Waals surface area contributed by atoms with Gasteiger partial charge in [0, 0.05) is 49.4 Å². The molecule has 7 nitrogen and oxygen atoms in total. The zero-order valence-corrected chi connectivity index (χ0v) is 21.1. The first-order valence-corrected chi connectivity index (χ1v) is 12.6. The Hall–Kier alpha value is -3.75. The minimum atomic E-state index is -2.96. The maximum Gasteiger partial charge on any atom is 0.258 e. The number of nitrogens with two attached hydrogens (primary N) is 3. The molecule has 7 N–H and O–H groups in total. The number of allylic oxidation sites excluding steroid dienone is 1. The van der Waals surface area contributed by atoms with Gasteiger partial charge in [0.2, 0.25) is 0 Å². The molecule has 2 heterocycles. The van der Waals surface area contributed by atoms with Gasteiger partial charge in [-0.1, -0.05) is 18.2 Å². The van der Waals surface area contributed by atoms with E-state index in [9.17, 15) is 9.90 Å². The summed E-state index contributed by atoms with van der Waals surface area (Å²) in [5.41, 5.74) is 20.7. The lowest BCUT2D eigenvalue weighted by atomic mass is 9.84. The predicted octanol–water partition coefficient (Wildman–Crippen LogP) is 3.84. The molecule has 2 aromatic rings. The molecule has 0 aromatic heterocycles. The Kier molecular flexibility index (Phi) is 7.61. The molecule has 0 saturated carbocycles. The summed E-state index contributed by atoms with van der Waals surface area (Å²) in [6, 6.07) is 11.6. The van der Waals surface area contributed by atoms with Gasteiger partial charge in [-0.15, -0.1) is 0 Å². The van der Waals surface area contributed by atoms with Crippen molar-refractivity contribution < 1.29 is 18.7 Å². The summed E-state index contributed by atoms with van der Waals surface area (Å²) in [7, 11) is 0. The number of phenolic OH excluding ortho intramolecular Hbond substituents is 1. The summed E-state index contributed by atoms with van der Waals surface area (Å²) in [5.74, 6) is -4.21. The van der Waals surface area contributed by atoms with Gasteiger partial charge >= 0.3 is 0 Å². The van der Waals surface area contributed by atoms with Crippen molar-refractivity contribution in [3.05, 3.63) is 82.3 Å². The largest absolute Gasteiger partial charge is 0.507 e. The molecule has 37 heavy (non-hydrogen) atoms. The molecule has 2 aromatic carbocycles. The molecule has 2 saturated heterocycles. The standard InChI is InChI=1S/C28H35F2N5O2/c1-18-15-19(27(37)34-12-5-2-6-13-34)9-10-20(18)22-17-35(14-11-28(22,29)30)24(26(32)33)16-23(31)21-7-3-4-8-25(21)36/h3-4,7-10,15-16,22,36H,2,5-6,11-14,17,31-33H2,1H3/b23-16-. The molecule has 0 spiro atoms. The molecular weight excluding hydrogens is 476 g/mol. The van der Waals surface area contributed by atoms with Gasteiger partial charge in [-0.2, -0.15) is 0 Å². The monoisotopic (exact) mass is 511 g/mol. The van der Waals surface area contributed by atoms with Gasteiger partial charge in [0.05, 0.1) is 11.6 Å². The molecule has 4 rings (SSSR count). The molecule has 198 valence electrons. The van der Waals surface area contributed by atoms with Gasteiger partial charge in [-0.25, -0.2) is 8.78 Å². The summed E-state index contributed by atoms with van der Waals surface area (Å²) in [5, 5.41) is 10.1.